The zero-order valence-electron chi connectivity index (χ0n) is 17.1. The molecule has 166 valence electrons. The Morgan fingerprint density at radius 3 is 2.81 bits per heavy atom. The van der Waals surface area contributed by atoms with Gasteiger partial charge >= 0.3 is 5.97 Å². The molecule has 1 aliphatic heterocycles. The molecule has 1 amide bonds. The van der Waals surface area contributed by atoms with Crippen LogP contribution in [0.5, 0.6) is 11.5 Å². The number of nitrogens with zero attached hydrogens (tertiary/aromatic N) is 3. The highest BCUT2D eigenvalue weighted by Gasteiger charge is 2.17. The Labute approximate surface area is 192 Å². The number of amides is 1. The molecule has 0 spiro atoms. The van der Waals surface area contributed by atoms with Crippen molar-refractivity contribution in [2.24, 2.45) is 5.10 Å². The summed E-state index contributed by atoms with van der Waals surface area (Å²) in [6.07, 6.45) is 1.47. The number of hydrazone groups is 1. The first-order chi connectivity index (χ1) is 15.6. The van der Waals surface area contributed by atoms with Crippen LogP contribution in [0.2, 0.25) is 0 Å². The largest absolute Gasteiger partial charge is 0.493 e. The highest BCUT2D eigenvalue weighted by molar-refractivity contribution is 7.14. The zero-order valence-corrected chi connectivity index (χ0v) is 18.8. The van der Waals surface area contributed by atoms with Crippen LogP contribution in [0.15, 0.2) is 46.2 Å². The van der Waals surface area contributed by atoms with Crippen LogP contribution in [-0.4, -0.2) is 56.5 Å². The van der Waals surface area contributed by atoms with Gasteiger partial charge in [-0.15, -0.1) is 22.7 Å². The van der Waals surface area contributed by atoms with Gasteiger partial charge in [0.05, 0.1) is 26.5 Å². The number of hydrogen-bond acceptors (Lipinski definition) is 10. The molecule has 0 aliphatic carbocycles. The average Bonchev–Trinajstić information content (AvgIpc) is 3.53. The van der Waals surface area contributed by atoms with Crippen molar-refractivity contribution in [3.63, 3.8) is 0 Å². The fraction of sp³-hybridized carbons (Fsp3) is 0.238. The maximum atomic E-state index is 12.3. The predicted molar refractivity (Wildman–Crippen MR) is 122 cm³/mol. The van der Waals surface area contributed by atoms with Crippen molar-refractivity contribution in [1.29, 1.82) is 0 Å². The van der Waals surface area contributed by atoms with E-state index in [1.807, 2.05) is 0 Å². The molecule has 0 atom stereocenters. The summed E-state index contributed by atoms with van der Waals surface area (Å²) in [6, 6.07) is 8.44. The van der Waals surface area contributed by atoms with Gasteiger partial charge in [-0.3, -0.25) is 4.79 Å². The normalized spacial score (nSPS) is 13.8. The van der Waals surface area contributed by atoms with Crippen molar-refractivity contribution in [1.82, 2.24) is 10.4 Å². The summed E-state index contributed by atoms with van der Waals surface area (Å²) in [4.78, 5) is 31.5. The third-order valence-corrected chi connectivity index (χ3v) is 6.25. The minimum atomic E-state index is -0.452. The number of carbonyl (C=O) groups excluding carboxylic acids is 2. The summed E-state index contributed by atoms with van der Waals surface area (Å²) in [5.74, 6) is -0.179. The number of esters is 1. The van der Waals surface area contributed by atoms with Crippen LogP contribution in [0.25, 0.3) is 0 Å². The molecule has 4 rings (SSSR count). The van der Waals surface area contributed by atoms with E-state index in [1.165, 1.54) is 36.0 Å². The van der Waals surface area contributed by atoms with Crippen molar-refractivity contribution in [2.75, 3.05) is 38.3 Å². The fourth-order valence-electron chi connectivity index (χ4n) is 2.88. The third-order valence-electron chi connectivity index (χ3n) is 4.50. The van der Waals surface area contributed by atoms with Crippen LogP contribution >= 0.6 is 22.7 Å². The van der Waals surface area contributed by atoms with Crippen LogP contribution in [0.3, 0.4) is 0 Å². The molecule has 1 N–H and O–H groups in total. The average molecular weight is 473 g/mol. The van der Waals surface area contributed by atoms with Crippen LogP contribution in [0.4, 0.5) is 5.13 Å². The molecule has 0 saturated carbocycles. The zero-order chi connectivity index (χ0) is 22.3. The summed E-state index contributed by atoms with van der Waals surface area (Å²) in [5, 5.41) is 8.29. The first-order valence-corrected chi connectivity index (χ1v) is 11.5. The van der Waals surface area contributed by atoms with Gasteiger partial charge < -0.3 is 19.1 Å². The molecule has 0 bridgehead atoms. The molecule has 2 aromatic heterocycles. The van der Waals surface area contributed by atoms with E-state index in [0.29, 0.717) is 40.8 Å². The summed E-state index contributed by atoms with van der Waals surface area (Å²) < 4.78 is 16.1. The number of hydrogen-bond donors (Lipinski definition) is 1. The molecule has 11 heteroatoms. The first kappa shape index (κ1) is 21.9. The van der Waals surface area contributed by atoms with E-state index in [4.69, 9.17) is 14.2 Å². The molecule has 1 fully saturated rings. The summed E-state index contributed by atoms with van der Waals surface area (Å²) >= 11 is 2.71. The van der Waals surface area contributed by atoms with Gasteiger partial charge in [-0.25, -0.2) is 15.2 Å². The maximum Gasteiger partial charge on any atom is 0.353 e. The van der Waals surface area contributed by atoms with E-state index < -0.39 is 11.9 Å². The van der Waals surface area contributed by atoms with Crippen molar-refractivity contribution in [3.8, 4) is 11.5 Å². The SMILES string of the molecule is COc1cc(/C=N/NC(=O)c2csc(N3CCOCC3)n2)ccc1OC(=O)c1cccs1. The molecule has 32 heavy (non-hydrogen) atoms. The van der Waals surface area contributed by atoms with Gasteiger partial charge in [0.25, 0.3) is 5.91 Å². The Hall–Kier alpha value is -3.28. The Morgan fingerprint density at radius 2 is 2.06 bits per heavy atom. The van der Waals surface area contributed by atoms with Crippen molar-refractivity contribution >= 4 is 45.9 Å². The molecule has 9 nitrogen and oxygen atoms in total. The number of thiazole rings is 1. The molecule has 1 aromatic carbocycles. The van der Waals surface area contributed by atoms with Gasteiger partial charge in [0.2, 0.25) is 0 Å². The van der Waals surface area contributed by atoms with Crippen molar-refractivity contribution < 1.29 is 23.8 Å². The van der Waals surface area contributed by atoms with Gasteiger partial charge in [-0.1, -0.05) is 6.07 Å². The van der Waals surface area contributed by atoms with E-state index in [2.05, 4.69) is 20.4 Å². The van der Waals surface area contributed by atoms with Crippen LogP contribution in [0.1, 0.15) is 25.7 Å². The molecular weight excluding hydrogens is 452 g/mol. The number of benzene rings is 1. The smallest absolute Gasteiger partial charge is 0.353 e. The maximum absolute atomic E-state index is 12.3. The molecule has 0 radical (unpaired) electrons. The number of anilines is 1. The van der Waals surface area contributed by atoms with Crippen molar-refractivity contribution in [3.05, 3.63) is 57.2 Å². The summed E-state index contributed by atoms with van der Waals surface area (Å²) in [5.41, 5.74) is 3.44. The van der Waals surface area contributed by atoms with E-state index >= 15 is 0 Å². The Kier molecular flexibility index (Phi) is 7.10. The second-order valence-electron chi connectivity index (χ2n) is 6.59. The van der Waals surface area contributed by atoms with Gasteiger partial charge in [0.1, 0.15) is 10.6 Å². The Balaban J connectivity index is 1.36. The van der Waals surface area contributed by atoms with E-state index in [-0.39, 0.29) is 0 Å². The molecule has 3 heterocycles. The molecule has 1 saturated heterocycles. The lowest BCUT2D eigenvalue weighted by molar-refractivity contribution is 0.0734. The fourth-order valence-corrected chi connectivity index (χ4v) is 4.34. The molecule has 3 aromatic rings. The van der Waals surface area contributed by atoms with E-state index in [1.54, 1.807) is 41.1 Å². The minimum Gasteiger partial charge on any atom is -0.493 e. The van der Waals surface area contributed by atoms with E-state index in [9.17, 15) is 9.59 Å². The molecule has 0 unspecified atom stereocenters. The number of aromatic nitrogens is 1. The highest BCUT2D eigenvalue weighted by atomic mass is 32.1. The van der Waals surface area contributed by atoms with Gasteiger partial charge in [0.15, 0.2) is 16.6 Å². The Morgan fingerprint density at radius 1 is 1.22 bits per heavy atom. The van der Waals surface area contributed by atoms with Crippen molar-refractivity contribution in [2.45, 2.75) is 0 Å². The Bertz CT molecular complexity index is 1110. The first-order valence-electron chi connectivity index (χ1n) is 9.69. The summed E-state index contributed by atoms with van der Waals surface area (Å²) in [7, 11) is 1.48. The number of carbonyl (C=O) groups is 2. The lowest BCUT2D eigenvalue weighted by Gasteiger charge is -2.25. The number of rotatable bonds is 7. The molecule has 1 aliphatic rings. The third kappa shape index (κ3) is 5.31. The highest BCUT2D eigenvalue weighted by Crippen LogP contribution is 2.29. The second-order valence-corrected chi connectivity index (χ2v) is 8.38. The van der Waals surface area contributed by atoms with Gasteiger partial charge in [0, 0.05) is 18.5 Å². The number of nitrogens with one attached hydrogen (secondary N) is 1. The van der Waals surface area contributed by atoms with E-state index in [0.717, 1.165) is 18.2 Å². The topological polar surface area (TPSA) is 102 Å². The van der Waals surface area contributed by atoms with Crippen LogP contribution in [0, 0.1) is 0 Å². The number of thiophene rings is 1. The number of morpholine rings is 1. The second kappa shape index (κ2) is 10.4. The quantitative estimate of drug-likeness (QED) is 0.244. The number of ether oxygens (including phenoxy) is 3. The van der Waals surface area contributed by atoms with Crippen LogP contribution < -0.4 is 19.8 Å². The lowest BCUT2D eigenvalue weighted by Crippen LogP contribution is -2.36. The molecular formula is C21H20N4O5S2. The summed E-state index contributed by atoms with van der Waals surface area (Å²) in [6.45, 7) is 2.82. The lowest BCUT2D eigenvalue weighted by atomic mass is 10.2. The van der Waals surface area contributed by atoms with Gasteiger partial charge in [-0.2, -0.15) is 5.10 Å². The standard InChI is InChI=1S/C21H20N4O5S2/c1-28-17-11-14(4-5-16(17)30-20(27)18-3-2-10-31-18)12-22-24-19(26)15-13-32-21(23-15)25-6-8-29-9-7-25/h2-5,10-13H,6-9H2,1H3,(H,24,26)/b22-12+. The minimum absolute atomic E-state index is 0.296. The predicted octanol–water partition coefficient (Wildman–Crippen LogP) is 3.03. The number of methoxy groups -OCH3 is 1. The monoisotopic (exact) mass is 472 g/mol. The van der Waals surface area contributed by atoms with Crippen LogP contribution in [-0.2, 0) is 4.74 Å². The van der Waals surface area contributed by atoms with Gasteiger partial charge in [-0.05, 0) is 35.2 Å².